The van der Waals surface area contributed by atoms with Gasteiger partial charge in [-0.25, -0.2) is 9.79 Å². The molecule has 0 aliphatic carbocycles. The molecule has 1 aliphatic rings. The first-order valence-electron chi connectivity index (χ1n) is 7.87. The number of esters is 1. The van der Waals surface area contributed by atoms with Gasteiger partial charge in [0.25, 0.3) is 5.69 Å². The summed E-state index contributed by atoms with van der Waals surface area (Å²) in [5.74, 6) is -0.338. The molecule has 0 bridgehead atoms. The lowest BCUT2D eigenvalue weighted by atomic mass is 9.91. The van der Waals surface area contributed by atoms with Crippen LogP contribution in [0.1, 0.15) is 18.1 Å². The van der Waals surface area contributed by atoms with E-state index >= 15 is 0 Å². The first-order valence-corrected chi connectivity index (χ1v) is 8.25. The number of hydrogen-bond donors (Lipinski definition) is 0. The Labute approximate surface area is 154 Å². The van der Waals surface area contributed by atoms with Crippen LogP contribution in [0.3, 0.4) is 0 Å². The molecule has 1 unspecified atom stereocenters. The number of benzene rings is 2. The van der Waals surface area contributed by atoms with E-state index in [0.717, 1.165) is 0 Å². The predicted octanol–water partition coefficient (Wildman–Crippen LogP) is 3.48. The average molecular weight is 375 g/mol. The lowest BCUT2D eigenvalue weighted by Crippen LogP contribution is -2.37. The van der Waals surface area contributed by atoms with Crippen LogP contribution in [0.15, 0.2) is 53.5 Å². The minimum atomic E-state index is -1.51. The molecule has 7 nitrogen and oxygen atoms in total. The second kappa shape index (κ2) is 7.13. The van der Waals surface area contributed by atoms with E-state index in [1.165, 1.54) is 18.2 Å². The maximum Gasteiger partial charge on any atom is 0.342 e. The fraction of sp³-hybridized carbons (Fsp3) is 0.222. The standard InChI is InChI=1S/C18H15ClN2O5/c1-2-25-17(22)18(14-9-8-13(21(23)24)10-15(14)19)11-26-16(20-18)12-6-4-3-5-7-12/h3-10H,2,11H2,1H3. The highest BCUT2D eigenvalue weighted by Gasteiger charge is 2.49. The Hall–Kier alpha value is -2.93. The molecule has 8 heteroatoms. The van der Waals surface area contributed by atoms with Gasteiger partial charge in [0, 0.05) is 23.3 Å². The van der Waals surface area contributed by atoms with E-state index in [9.17, 15) is 14.9 Å². The zero-order valence-electron chi connectivity index (χ0n) is 13.8. The summed E-state index contributed by atoms with van der Waals surface area (Å²) in [6.45, 7) is 1.73. The van der Waals surface area contributed by atoms with Crippen LogP contribution in [-0.4, -0.2) is 30.0 Å². The van der Waals surface area contributed by atoms with Gasteiger partial charge in [0.1, 0.15) is 6.61 Å². The van der Waals surface area contributed by atoms with Crippen molar-refractivity contribution < 1.29 is 19.2 Å². The first kappa shape index (κ1) is 17.9. The molecule has 1 heterocycles. The lowest BCUT2D eigenvalue weighted by Gasteiger charge is -2.23. The number of nitro benzene ring substituents is 1. The molecule has 0 aromatic heterocycles. The fourth-order valence-electron chi connectivity index (χ4n) is 2.70. The van der Waals surface area contributed by atoms with Crippen LogP contribution in [0.25, 0.3) is 0 Å². The molecule has 0 fully saturated rings. The number of aliphatic imine (C=N–C) groups is 1. The number of carbonyl (C=O) groups excluding carboxylic acids is 1. The molecule has 0 radical (unpaired) electrons. The Morgan fingerprint density at radius 3 is 2.69 bits per heavy atom. The maximum absolute atomic E-state index is 12.7. The second-order valence-corrected chi connectivity index (χ2v) is 5.98. The molecule has 0 spiro atoms. The van der Waals surface area contributed by atoms with Crippen LogP contribution in [0, 0.1) is 10.1 Å². The van der Waals surface area contributed by atoms with Crippen molar-refractivity contribution in [3.05, 3.63) is 74.8 Å². The summed E-state index contributed by atoms with van der Waals surface area (Å²) in [5.41, 5.74) is -0.678. The maximum atomic E-state index is 12.7. The number of rotatable bonds is 5. The van der Waals surface area contributed by atoms with Gasteiger partial charge in [-0.3, -0.25) is 10.1 Å². The van der Waals surface area contributed by atoms with E-state index in [-0.39, 0.29) is 29.8 Å². The van der Waals surface area contributed by atoms with Crippen molar-refractivity contribution in [2.45, 2.75) is 12.5 Å². The van der Waals surface area contributed by atoms with Crippen LogP contribution in [0.5, 0.6) is 0 Å². The highest BCUT2D eigenvalue weighted by Crippen LogP contribution is 2.39. The van der Waals surface area contributed by atoms with Gasteiger partial charge in [-0.15, -0.1) is 0 Å². The lowest BCUT2D eigenvalue weighted by molar-refractivity contribution is -0.384. The molecule has 0 saturated heterocycles. The number of nitrogens with zero attached hydrogens (tertiary/aromatic N) is 2. The molecule has 3 rings (SSSR count). The third kappa shape index (κ3) is 3.13. The number of carbonyl (C=O) groups is 1. The van der Waals surface area contributed by atoms with Crippen LogP contribution in [-0.2, 0) is 19.8 Å². The normalized spacial score (nSPS) is 18.8. The zero-order chi connectivity index (χ0) is 18.7. The largest absolute Gasteiger partial charge is 0.474 e. The average Bonchev–Trinajstić information content (AvgIpc) is 3.09. The number of halogens is 1. The Bertz CT molecular complexity index is 884. The summed E-state index contributed by atoms with van der Waals surface area (Å²) in [6, 6.07) is 13.0. The molecular formula is C18H15ClN2O5. The first-order chi connectivity index (χ1) is 12.5. The van der Waals surface area contributed by atoms with Gasteiger partial charge < -0.3 is 9.47 Å². The van der Waals surface area contributed by atoms with E-state index in [1.54, 1.807) is 19.1 Å². The van der Waals surface area contributed by atoms with E-state index in [4.69, 9.17) is 21.1 Å². The van der Waals surface area contributed by atoms with Crippen molar-refractivity contribution in [2.24, 2.45) is 4.99 Å². The third-order valence-corrected chi connectivity index (χ3v) is 4.27. The van der Waals surface area contributed by atoms with Crippen LogP contribution in [0.2, 0.25) is 5.02 Å². The smallest absolute Gasteiger partial charge is 0.342 e. The van der Waals surface area contributed by atoms with Crippen molar-refractivity contribution in [3.63, 3.8) is 0 Å². The highest BCUT2D eigenvalue weighted by molar-refractivity contribution is 6.32. The quantitative estimate of drug-likeness (QED) is 0.454. The van der Waals surface area contributed by atoms with Crippen molar-refractivity contribution in [1.82, 2.24) is 0 Å². The highest BCUT2D eigenvalue weighted by atomic mass is 35.5. The SMILES string of the molecule is CCOC(=O)C1(c2ccc([N+](=O)[O-])cc2Cl)COC(c2ccccc2)=N1. The molecule has 1 atom stereocenters. The summed E-state index contributed by atoms with van der Waals surface area (Å²) in [5, 5.41) is 11.0. The van der Waals surface area contributed by atoms with E-state index in [2.05, 4.69) is 4.99 Å². The summed E-state index contributed by atoms with van der Waals surface area (Å²) >= 11 is 6.24. The summed E-state index contributed by atoms with van der Waals surface area (Å²) in [7, 11) is 0. The Morgan fingerprint density at radius 2 is 2.08 bits per heavy atom. The Kier molecular flexibility index (Phi) is 4.90. The summed E-state index contributed by atoms with van der Waals surface area (Å²) in [6.07, 6.45) is 0. The van der Waals surface area contributed by atoms with Crippen LogP contribution < -0.4 is 0 Å². The topological polar surface area (TPSA) is 91.0 Å². The zero-order valence-corrected chi connectivity index (χ0v) is 14.6. The Morgan fingerprint density at radius 1 is 1.35 bits per heavy atom. The molecule has 0 N–H and O–H groups in total. The van der Waals surface area contributed by atoms with Crippen LogP contribution in [0.4, 0.5) is 5.69 Å². The summed E-state index contributed by atoms with van der Waals surface area (Å²) < 4.78 is 10.8. The van der Waals surface area contributed by atoms with Gasteiger partial charge in [-0.1, -0.05) is 29.8 Å². The predicted molar refractivity (Wildman–Crippen MR) is 95.3 cm³/mol. The van der Waals surface area contributed by atoms with Gasteiger partial charge in [0.15, 0.2) is 0 Å². The molecule has 0 saturated carbocycles. The van der Waals surface area contributed by atoms with Crippen molar-refractivity contribution >= 4 is 29.2 Å². The minimum Gasteiger partial charge on any atom is -0.474 e. The fourth-order valence-corrected chi connectivity index (χ4v) is 3.03. The van der Waals surface area contributed by atoms with Crippen molar-refractivity contribution in [2.75, 3.05) is 13.2 Å². The number of hydrogen-bond acceptors (Lipinski definition) is 6. The third-order valence-electron chi connectivity index (χ3n) is 3.95. The van der Waals surface area contributed by atoms with E-state index in [1.807, 2.05) is 18.2 Å². The van der Waals surface area contributed by atoms with Crippen LogP contribution >= 0.6 is 11.6 Å². The van der Waals surface area contributed by atoms with Gasteiger partial charge in [0.05, 0.1) is 16.6 Å². The Balaban J connectivity index is 2.11. The van der Waals surface area contributed by atoms with E-state index < -0.39 is 16.4 Å². The minimum absolute atomic E-state index is 0.0499. The molecule has 0 amide bonds. The molecule has 134 valence electrons. The van der Waals surface area contributed by atoms with Crippen molar-refractivity contribution in [3.8, 4) is 0 Å². The second-order valence-electron chi connectivity index (χ2n) is 5.57. The monoisotopic (exact) mass is 374 g/mol. The number of non-ortho nitro benzene ring substituents is 1. The number of nitro groups is 1. The molecular weight excluding hydrogens is 360 g/mol. The summed E-state index contributed by atoms with van der Waals surface area (Å²) in [4.78, 5) is 27.6. The van der Waals surface area contributed by atoms with Gasteiger partial charge in [0.2, 0.25) is 11.4 Å². The van der Waals surface area contributed by atoms with Gasteiger partial charge in [-0.05, 0) is 25.1 Å². The van der Waals surface area contributed by atoms with Gasteiger partial charge in [-0.2, -0.15) is 0 Å². The van der Waals surface area contributed by atoms with E-state index in [0.29, 0.717) is 11.1 Å². The molecule has 2 aromatic carbocycles. The van der Waals surface area contributed by atoms with Crippen molar-refractivity contribution in [1.29, 1.82) is 0 Å². The van der Waals surface area contributed by atoms with Gasteiger partial charge >= 0.3 is 5.97 Å². The molecule has 26 heavy (non-hydrogen) atoms. The molecule has 2 aromatic rings. The molecule has 1 aliphatic heterocycles. The number of ether oxygens (including phenoxy) is 2.